The van der Waals surface area contributed by atoms with Gasteiger partial charge in [0.15, 0.2) is 0 Å². The van der Waals surface area contributed by atoms with E-state index in [1.54, 1.807) is 0 Å². The van der Waals surface area contributed by atoms with Crippen molar-refractivity contribution in [1.29, 1.82) is 0 Å². The van der Waals surface area contributed by atoms with E-state index in [9.17, 15) is 9.59 Å². The van der Waals surface area contributed by atoms with Crippen molar-refractivity contribution in [1.82, 2.24) is 4.90 Å². The molecule has 1 aliphatic heterocycles. The average molecular weight is 270 g/mol. The number of carboxylic acids is 1. The van der Waals surface area contributed by atoms with Gasteiger partial charge in [0.2, 0.25) is 5.91 Å². The fourth-order valence-electron chi connectivity index (χ4n) is 2.80. The normalized spacial score (nSPS) is 20.8. The summed E-state index contributed by atoms with van der Waals surface area (Å²) >= 11 is 0. The molecule has 1 unspecified atom stereocenters. The zero-order valence-electron chi connectivity index (χ0n) is 12.0. The molecule has 0 spiro atoms. The standard InChI is InChI=1S/C14H26N2O3/c1-10(2)11(7-8-15)5-6-13(17)16-9-3-4-12(16)14(18)19/h10-12H,3-9,15H2,1-2H3,(H,18,19)/t11?,12-/m0/s1. The van der Waals surface area contributed by atoms with Crippen molar-refractivity contribution in [3.63, 3.8) is 0 Å². The number of rotatable bonds is 7. The Kier molecular flexibility index (Phi) is 6.28. The van der Waals surface area contributed by atoms with Crippen LogP contribution < -0.4 is 5.73 Å². The van der Waals surface area contributed by atoms with E-state index < -0.39 is 12.0 Å². The predicted molar refractivity (Wildman–Crippen MR) is 73.6 cm³/mol. The van der Waals surface area contributed by atoms with Crippen molar-refractivity contribution < 1.29 is 14.7 Å². The van der Waals surface area contributed by atoms with Crippen LogP contribution in [0.2, 0.25) is 0 Å². The average Bonchev–Trinajstić information content (AvgIpc) is 2.82. The van der Waals surface area contributed by atoms with Gasteiger partial charge in [0.25, 0.3) is 0 Å². The molecule has 1 fully saturated rings. The molecule has 110 valence electrons. The van der Waals surface area contributed by atoms with Crippen molar-refractivity contribution in [3.8, 4) is 0 Å². The first-order valence-electron chi connectivity index (χ1n) is 7.19. The monoisotopic (exact) mass is 270 g/mol. The molecule has 0 aromatic heterocycles. The first-order valence-corrected chi connectivity index (χ1v) is 7.19. The van der Waals surface area contributed by atoms with Gasteiger partial charge >= 0.3 is 5.97 Å². The van der Waals surface area contributed by atoms with Gasteiger partial charge in [-0.1, -0.05) is 13.8 Å². The third-order valence-corrected chi connectivity index (χ3v) is 4.07. The predicted octanol–water partition coefficient (Wildman–Crippen LogP) is 1.46. The van der Waals surface area contributed by atoms with Crippen molar-refractivity contribution >= 4 is 11.9 Å². The Morgan fingerprint density at radius 3 is 2.58 bits per heavy atom. The maximum atomic E-state index is 12.1. The number of nitrogens with two attached hydrogens (primary N) is 1. The van der Waals surface area contributed by atoms with Gasteiger partial charge in [-0.2, -0.15) is 0 Å². The number of carboxylic acid groups (broad SMARTS) is 1. The number of amides is 1. The zero-order chi connectivity index (χ0) is 14.4. The highest BCUT2D eigenvalue weighted by molar-refractivity contribution is 5.84. The molecule has 5 heteroatoms. The molecule has 0 saturated carbocycles. The summed E-state index contributed by atoms with van der Waals surface area (Å²) in [5.41, 5.74) is 5.58. The highest BCUT2D eigenvalue weighted by Gasteiger charge is 2.33. The van der Waals surface area contributed by atoms with Crippen LogP contribution in [0.25, 0.3) is 0 Å². The molecule has 1 heterocycles. The first kappa shape index (κ1) is 16.0. The largest absolute Gasteiger partial charge is 0.480 e. The molecular weight excluding hydrogens is 244 g/mol. The molecule has 1 aliphatic rings. The highest BCUT2D eigenvalue weighted by Crippen LogP contribution is 2.23. The maximum absolute atomic E-state index is 12.1. The molecule has 0 aromatic rings. The zero-order valence-corrected chi connectivity index (χ0v) is 12.0. The SMILES string of the molecule is CC(C)C(CCN)CCC(=O)N1CCC[C@H]1C(=O)O. The molecule has 2 atom stereocenters. The lowest BCUT2D eigenvalue weighted by Crippen LogP contribution is -2.40. The molecule has 0 aliphatic carbocycles. The Balaban J connectivity index is 2.48. The van der Waals surface area contributed by atoms with Crippen LogP contribution in [0.1, 0.15) is 46.0 Å². The highest BCUT2D eigenvalue weighted by atomic mass is 16.4. The van der Waals surface area contributed by atoms with Crippen LogP contribution in [-0.4, -0.2) is 41.0 Å². The van der Waals surface area contributed by atoms with Gasteiger partial charge in [-0.3, -0.25) is 4.79 Å². The molecule has 5 nitrogen and oxygen atoms in total. The van der Waals surface area contributed by atoms with Crippen LogP contribution in [0.15, 0.2) is 0 Å². The van der Waals surface area contributed by atoms with E-state index in [4.69, 9.17) is 10.8 Å². The lowest BCUT2D eigenvalue weighted by Gasteiger charge is -2.24. The van der Waals surface area contributed by atoms with Crippen molar-refractivity contribution in [3.05, 3.63) is 0 Å². The minimum Gasteiger partial charge on any atom is -0.480 e. The lowest BCUT2D eigenvalue weighted by molar-refractivity contribution is -0.148. The second kappa shape index (κ2) is 7.48. The Bertz CT molecular complexity index is 318. The van der Waals surface area contributed by atoms with E-state index in [0.717, 1.165) is 19.3 Å². The minimum atomic E-state index is -0.881. The Labute approximate surface area is 115 Å². The summed E-state index contributed by atoms with van der Waals surface area (Å²) in [6.45, 7) is 5.50. The molecule has 1 rings (SSSR count). The van der Waals surface area contributed by atoms with Crippen LogP contribution in [0.3, 0.4) is 0 Å². The summed E-state index contributed by atoms with van der Waals surface area (Å²) in [6.07, 6.45) is 3.53. The minimum absolute atomic E-state index is 0.0208. The van der Waals surface area contributed by atoms with Gasteiger partial charge in [0.1, 0.15) is 6.04 Å². The van der Waals surface area contributed by atoms with Crippen LogP contribution in [-0.2, 0) is 9.59 Å². The molecule has 1 saturated heterocycles. The van der Waals surface area contributed by atoms with Gasteiger partial charge in [-0.25, -0.2) is 4.79 Å². The summed E-state index contributed by atoms with van der Waals surface area (Å²) < 4.78 is 0. The summed E-state index contributed by atoms with van der Waals surface area (Å²) in [5.74, 6) is 0.0471. The first-order chi connectivity index (χ1) is 8.97. The quantitative estimate of drug-likeness (QED) is 0.733. The number of hydrogen-bond acceptors (Lipinski definition) is 3. The van der Waals surface area contributed by atoms with Crippen molar-refractivity contribution in [2.75, 3.05) is 13.1 Å². The molecule has 0 bridgehead atoms. The van der Waals surface area contributed by atoms with Crippen molar-refractivity contribution in [2.45, 2.75) is 52.0 Å². The molecule has 0 aromatic carbocycles. The lowest BCUT2D eigenvalue weighted by atomic mass is 9.88. The van der Waals surface area contributed by atoms with E-state index in [2.05, 4.69) is 13.8 Å². The van der Waals surface area contributed by atoms with Gasteiger partial charge < -0.3 is 15.7 Å². The fourth-order valence-corrected chi connectivity index (χ4v) is 2.80. The summed E-state index contributed by atoms with van der Waals surface area (Å²) in [6, 6.07) is -0.612. The maximum Gasteiger partial charge on any atom is 0.326 e. The molecule has 19 heavy (non-hydrogen) atoms. The van der Waals surface area contributed by atoms with E-state index in [0.29, 0.717) is 37.8 Å². The van der Waals surface area contributed by atoms with Crippen molar-refractivity contribution in [2.24, 2.45) is 17.6 Å². The van der Waals surface area contributed by atoms with E-state index in [-0.39, 0.29) is 5.91 Å². The fraction of sp³-hybridized carbons (Fsp3) is 0.857. The second-order valence-electron chi connectivity index (χ2n) is 5.70. The second-order valence-corrected chi connectivity index (χ2v) is 5.70. The van der Waals surface area contributed by atoms with Crippen LogP contribution >= 0.6 is 0 Å². The van der Waals surface area contributed by atoms with E-state index >= 15 is 0 Å². The molecular formula is C14H26N2O3. The smallest absolute Gasteiger partial charge is 0.326 e. The Morgan fingerprint density at radius 1 is 1.37 bits per heavy atom. The van der Waals surface area contributed by atoms with Gasteiger partial charge in [0.05, 0.1) is 0 Å². The van der Waals surface area contributed by atoms with Crippen LogP contribution in [0.5, 0.6) is 0 Å². The molecule has 1 amide bonds. The number of aliphatic carboxylic acids is 1. The number of likely N-dealkylation sites (tertiary alicyclic amines) is 1. The van der Waals surface area contributed by atoms with Gasteiger partial charge in [-0.05, 0) is 44.1 Å². The molecule has 3 N–H and O–H groups in total. The molecule has 0 radical (unpaired) electrons. The summed E-state index contributed by atoms with van der Waals surface area (Å²) in [7, 11) is 0. The van der Waals surface area contributed by atoms with E-state index in [1.165, 1.54) is 4.90 Å². The van der Waals surface area contributed by atoms with Crippen LogP contribution in [0.4, 0.5) is 0 Å². The number of nitrogens with zero attached hydrogens (tertiary/aromatic N) is 1. The van der Waals surface area contributed by atoms with E-state index in [1.807, 2.05) is 0 Å². The van der Waals surface area contributed by atoms with Gasteiger partial charge in [-0.15, -0.1) is 0 Å². The van der Waals surface area contributed by atoms with Crippen LogP contribution in [0, 0.1) is 11.8 Å². The summed E-state index contributed by atoms with van der Waals surface area (Å²) in [4.78, 5) is 24.7. The van der Waals surface area contributed by atoms with Gasteiger partial charge in [0, 0.05) is 13.0 Å². The number of hydrogen-bond donors (Lipinski definition) is 2. The summed E-state index contributed by atoms with van der Waals surface area (Å²) in [5, 5.41) is 9.07. The Hall–Kier alpha value is -1.10. The Morgan fingerprint density at radius 2 is 2.05 bits per heavy atom. The topological polar surface area (TPSA) is 83.6 Å². The third-order valence-electron chi connectivity index (χ3n) is 4.07. The number of carbonyl (C=O) groups is 2. The number of carbonyl (C=O) groups excluding carboxylic acids is 1. The third kappa shape index (κ3) is 4.49.